The van der Waals surface area contributed by atoms with E-state index in [0.717, 1.165) is 72.1 Å². The normalized spacial score (nSPS) is 15.4. The predicted molar refractivity (Wildman–Crippen MR) is 215 cm³/mol. The van der Waals surface area contributed by atoms with Gasteiger partial charge < -0.3 is 9.13 Å². The molecule has 12 rings (SSSR count). The molecule has 0 fully saturated rings. The zero-order valence-corrected chi connectivity index (χ0v) is 29.4. The number of hydrogen-bond donors (Lipinski definition) is 0. The quantitative estimate of drug-likeness (QED) is 0.179. The van der Waals surface area contributed by atoms with Gasteiger partial charge in [0.05, 0.1) is 74.3 Å². The largest absolute Gasteiger partial charge is 0.309 e. The minimum Gasteiger partial charge on any atom is -0.309 e. The SMILES string of the molecule is N#Cc1ccc2c(c1)c1ccccc1n2-c1cccc2c1C1(c3ccccc3S2)c2cccnc2-c2ncc(-n3c4ccccc4c4ccncc43)cc21. The van der Waals surface area contributed by atoms with Gasteiger partial charge in [-0.1, -0.05) is 78.5 Å². The van der Waals surface area contributed by atoms with Gasteiger partial charge >= 0.3 is 0 Å². The second-order valence-electron chi connectivity index (χ2n) is 13.9. The Morgan fingerprint density at radius 3 is 2.15 bits per heavy atom. The highest BCUT2D eigenvalue weighted by Crippen LogP contribution is 2.63. The van der Waals surface area contributed by atoms with Crippen molar-refractivity contribution in [3.05, 3.63) is 186 Å². The Hall–Kier alpha value is -7.01. The molecule has 1 unspecified atom stereocenters. The summed E-state index contributed by atoms with van der Waals surface area (Å²) in [5.74, 6) is 0. The van der Waals surface area contributed by atoms with Gasteiger partial charge in [0.1, 0.15) is 0 Å². The van der Waals surface area contributed by atoms with Gasteiger partial charge in [-0.3, -0.25) is 15.0 Å². The van der Waals surface area contributed by atoms with Crippen LogP contribution in [0.3, 0.4) is 0 Å². The molecule has 10 aromatic rings. The van der Waals surface area contributed by atoms with Gasteiger partial charge in [-0.05, 0) is 77.9 Å². The third-order valence-electron chi connectivity index (χ3n) is 11.4. The summed E-state index contributed by atoms with van der Waals surface area (Å²) in [6.45, 7) is 0. The maximum Gasteiger partial charge on any atom is 0.0991 e. The molecule has 0 saturated heterocycles. The van der Waals surface area contributed by atoms with E-state index in [0.29, 0.717) is 5.56 Å². The van der Waals surface area contributed by atoms with Crippen molar-refractivity contribution in [1.29, 1.82) is 5.26 Å². The number of pyridine rings is 3. The summed E-state index contributed by atoms with van der Waals surface area (Å²) in [6.07, 6.45) is 7.69. The third-order valence-corrected chi connectivity index (χ3v) is 12.5. The molecule has 1 atom stereocenters. The van der Waals surface area contributed by atoms with Gasteiger partial charge in [-0.25, -0.2) is 0 Å². The average Bonchev–Trinajstić information content (AvgIpc) is 3.85. The molecule has 54 heavy (non-hydrogen) atoms. The highest BCUT2D eigenvalue weighted by molar-refractivity contribution is 7.99. The molecule has 0 radical (unpaired) electrons. The lowest BCUT2D eigenvalue weighted by atomic mass is 9.67. The molecule has 1 spiro atoms. The number of rotatable bonds is 2. The Balaban J connectivity index is 1.24. The standard InChI is InChI=1S/C47H26N6S/c48-25-28-18-19-39-33(23-28)31-10-2-5-14-38(31)53(39)40-15-7-17-43-44(40)47(34-11-3-6-16-42(34)54-43)35-12-8-21-50-45(35)46-36(47)24-29(26-51-46)52-37-13-4-1-9-30(37)32-20-22-49-27-41(32)52/h1-24,26-27H. The van der Waals surface area contributed by atoms with Crippen LogP contribution in [0.2, 0.25) is 0 Å². The number of para-hydroxylation sites is 2. The first-order valence-corrected chi connectivity index (χ1v) is 18.7. The van der Waals surface area contributed by atoms with Gasteiger partial charge in [-0.2, -0.15) is 5.26 Å². The van der Waals surface area contributed by atoms with E-state index in [-0.39, 0.29) is 0 Å². The first kappa shape index (κ1) is 29.6. The van der Waals surface area contributed by atoms with Crippen molar-refractivity contribution in [2.75, 3.05) is 0 Å². The fourth-order valence-electron chi connectivity index (χ4n) is 9.34. The molecule has 6 heterocycles. The van der Waals surface area contributed by atoms with Crippen LogP contribution in [0.15, 0.2) is 168 Å². The highest BCUT2D eigenvalue weighted by atomic mass is 32.2. The minimum atomic E-state index is -0.753. The Labute approximate surface area is 313 Å². The van der Waals surface area contributed by atoms with Crippen molar-refractivity contribution in [2.24, 2.45) is 0 Å². The molecule has 2 aliphatic rings. The van der Waals surface area contributed by atoms with Gasteiger partial charge in [0.25, 0.3) is 0 Å². The van der Waals surface area contributed by atoms with E-state index in [9.17, 15) is 5.26 Å². The summed E-state index contributed by atoms with van der Waals surface area (Å²) in [4.78, 5) is 17.4. The first-order chi connectivity index (χ1) is 26.8. The Kier molecular flexibility index (Phi) is 5.89. The molecule has 6 nitrogen and oxygen atoms in total. The smallest absolute Gasteiger partial charge is 0.0991 e. The molecule has 7 heteroatoms. The van der Waals surface area contributed by atoms with Crippen molar-refractivity contribution in [3.8, 4) is 28.8 Å². The summed E-state index contributed by atoms with van der Waals surface area (Å²) < 4.78 is 4.69. The molecular weight excluding hydrogens is 681 g/mol. The number of aromatic nitrogens is 5. The van der Waals surface area contributed by atoms with Crippen LogP contribution in [0.4, 0.5) is 0 Å². The van der Waals surface area contributed by atoms with Gasteiger partial charge in [0.2, 0.25) is 0 Å². The zero-order valence-electron chi connectivity index (χ0n) is 28.6. The summed E-state index contributed by atoms with van der Waals surface area (Å²) in [5.41, 5.74) is 12.6. The van der Waals surface area contributed by atoms with Crippen LogP contribution in [0, 0.1) is 11.3 Å². The number of hydrogen-bond acceptors (Lipinski definition) is 5. The molecule has 0 saturated carbocycles. The van der Waals surface area contributed by atoms with Crippen molar-refractivity contribution < 1.29 is 0 Å². The Bertz CT molecular complexity index is 3240. The molecule has 0 bridgehead atoms. The average molecular weight is 707 g/mol. The van der Waals surface area contributed by atoms with E-state index in [2.05, 4.69) is 142 Å². The molecule has 0 N–H and O–H groups in total. The van der Waals surface area contributed by atoms with Crippen LogP contribution in [-0.2, 0) is 5.41 Å². The molecule has 1 aliphatic heterocycles. The van der Waals surface area contributed by atoms with E-state index < -0.39 is 5.41 Å². The Morgan fingerprint density at radius 2 is 1.26 bits per heavy atom. The first-order valence-electron chi connectivity index (χ1n) is 17.9. The van der Waals surface area contributed by atoms with Crippen molar-refractivity contribution in [3.63, 3.8) is 0 Å². The fraction of sp³-hybridized carbons (Fsp3) is 0.0213. The summed E-state index contributed by atoms with van der Waals surface area (Å²) in [6, 6.07) is 49.7. The highest BCUT2D eigenvalue weighted by Gasteiger charge is 2.53. The second kappa shape index (κ2) is 10.8. The summed E-state index contributed by atoms with van der Waals surface area (Å²) in [7, 11) is 0. The van der Waals surface area contributed by atoms with E-state index >= 15 is 0 Å². The van der Waals surface area contributed by atoms with E-state index in [1.807, 2.05) is 48.7 Å². The molecule has 1 aliphatic carbocycles. The van der Waals surface area contributed by atoms with Gasteiger partial charge in [0.15, 0.2) is 0 Å². The lowest BCUT2D eigenvalue weighted by Crippen LogP contribution is -2.33. The zero-order chi connectivity index (χ0) is 35.5. The predicted octanol–water partition coefficient (Wildman–Crippen LogP) is 10.8. The molecule has 0 amide bonds. The van der Waals surface area contributed by atoms with Crippen LogP contribution in [0.5, 0.6) is 0 Å². The van der Waals surface area contributed by atoms with Crippen LogP contribution >= 0.6 is 11.8 Å². The van der Waals surface area contributed by atoms with E-state index in [1.165, 1.54) is 26.3 Å². The van der Waals surface area contributed by atoms with Crippen LogP contribution in [0.25, 0.3) is 66.4 Å². The lowest BCUT2D eigenvalue weighted by molar-refractivity contribution is 0.712. The van der Waals surface area contributed by atoms with Gasteiger partial charge in [0, 0.05) is 54.9 Å². The molecular formula is C47H26N6S. The fourth-order valence-corrected chi connectivity index (χ4v) is 10.6. The van der Waals surface area contributed by atoms with Gasteiger partial charge in [-0.15, -0.1) is 0 Å². The molecule has 5 aromatic carbocycles. The maximum atomic E-state index is 9.90. The molecule has 250 valence electrons. The monoisotopic (exact) mass is 706 g/mol. The maximum absolute atomic E-state index is 9.90. The van der Waals surface area contributed by atoms with Crippen LogP contribution in [-0.4, -0.2) is 24.1 Å². The lowest BCUT2D eigenvalue weighted by Gasteiger charge is -2.40. The second-order valence-corrected chi connectivity index (χ2v) is 15.0. The topological polar surface area (TPSA) is 72.3 Å². The number of fused-ring (bicyclic) bond motifs is 15. The van der Waals surface area contributed by atoms with Crippen LogP contribution in [0.1, 0.15) is 27.8 Å². The van der Waals surface area contributed by atoms with E-state index in [1.54, 1.807) is 0 Å². The Morgan fingerprint density at radius 1 is 0.537 bits per heavy atom. The number of nitriles is 1. The molecule has 5 aromatic heterocycles. The number of nitrogens with zero attached hydrogens (tertiary/aromatic N) is 6. The van der Waals surface area contributed by atoms with Crippen LogP contribution < -0.4 is 0 Å². The van der Waals surface area contributed by atoms with Crippen molar-refractivity contribution in [1.82, 2.24) is 24.1 Å². The summed E-state index contributed by atoms with van der Waals surface area (Å²) >= 11 is 1.82. The van der Waals surface area contributed by atoms with Crippen molar-refractivity contribution in [2.45, 2.75) is 15.2 Å². The number of benzene rings is 5. The minimum absolute atomic E-state index is 0.644. The van der Waals surface area contributed by atoms with E-state index in [4.69, 9.17) is 9.97 Å². The third kappa shape index (κ3) is 3.67. The summed E-state index contributed by atoms with van der Waals surface area (Å²) in [5, 5.41) is 14.4. The van der Waals surface area contributed by atoms with Crippen molar-refractivity contribution >= 4 is 55.4 Å².